The third-order valence-corrected chi connectivity index (χ3v) is 4.17. The van der Waals surface area contributed by atoms with Crippen molar-refractivity contribution in [3.63, 3.8) is 0 Å². The van der Waals surface area contributed by atoms with E-state index in [0.717, 1.165) is 24.9 Å². The summed E-state index contributed by atoms with van der Waals surface area (Å²) in [5, 5.41) is 3.88. The zero-order valence-electron chi connectivity index (χ0n) is 10.3. The van der Waals surface area contributed by atoms with Crippen LogP contribution in [-0.2, 0) is 6.54 Å². The molecular formula is C14H18Cl2FN. The number of hydrogen-bond acceptors (Lipinski definition) is 1. The van der Waals surface area contributed by atoms with E-state index in [-0.39, 0.29) is 10.8 Å². The Bertz CT molecular complexity index is 397. The molecule has 0 aliphatic heterocycles. The van der Waals surface area contributed by atoms with Gasteiger partial charge in [0.05, 0.1) is 5.02 Å². The Hall–Kier alpha value is -0.310. The lowest BCUT2D eigenvalue weighted by Crippen LogP contribution is -2.27. The Balaban J connectivity index is 1.76. The molecular weight excluding hydrogens is 272 g/mol. The van der Waals surface area contributed by atoms with Gasteiger partial charge in [0.25, 0.3) is 0 Å². The fourth-order valence-electron chi connectivity index (χ4n) is 2.48. The van der Waals surface area contributed by atoms with Gasteiger partial charge in [-0.15, -0.1) is 11.6 Å². The summed E-state index contributed by atoms with van der Waals surface area (Å²) < 4.78 is 13.2. The molecule has 0 aromatic heterocycles. The van der Waals surface area contributed by atoms with Crippen LogP contribution in [0.25, 0.3) is 0 Å². The second kappa shape index (κ2) is 6.74. The molecule has 0 radical (unpaired) electrons. The second-order valence-electron chi connectivity index (χ2n) is 5.01. The molecule has 1 aromatic rings. The molecule has 2 unspecified atom stereocenters. The highest BCUT2D eigenvalue weighted by Crippen LogP contribution is 2.27. The zero-order valence-corrected chi connectivity index (χ0v) is 11.8. The summed E-state index contributed by atoms with van der Waals surface area (Å²) >= 11 is 11.8. The summed E-state index contributed by atoms with van der Waals surface area (Å²) in [6, 6.07) is 4.94. The Morgan fingerprint density at radius 3 is 2.89 bits per heavy atom. The zero-order chi connectivity index (χ0) is 13.0. The van der Waals surface area contributed by atoms with Gasteiger partial charge in [-0.1, -0.05) is 24.1 Å². The Labute approximate surface area is 118 Å². The van der Waals surface area contributed by atoms with Gasteiger partial charge >= 0.3 is 0 Å². The van der Waals surface area contributed by atoms with Gasteiger partial charge in [-0.25, -0.2) is 4.39 Å². The van der Waals surface area contributed by atoms with E-state index < -0.39 is 0 Å². The standard InChI is InChI=1S/C14H18Cl2FN/c15-12-3-1-2-10(6-12)8-18-9-11-4-5-13(16)14(17)7-11/h4-5,7,10,12,18H,1-3,6,8-9H2. The summed E-state index contributed by atoms with van der Waals surface area (Å²) in [6.07, 6.45) is 4.69. The fraction of sp³-hybridized carbons (Fsp3) is 0.571. The van der Waals surface area contributed by atoms with Crippen molar-refractivity contribution in [2.24, 2.45) is 5.92 Å². The highest BCUT2D eigenvalue weighted by atomic mass is 35.5. The van der Waals surface area contributed by atoms with Crippen LogP contribution in [0.5, 0.6) is 0 Å². The number of nitrogens with one attached hydrogen (secondary N) is 1. The van der Waals surface area contributed by atoms with E-state index in [9.17, 15) is 4.39 Å². The summed E-state index contributed by atoms with van der Waals surface area (Å²) in [6.45, 7) is 1.63. The molecule has 0 amide bonds. The van der Waals surface area contributed by atoms with Gasteiger partial charge in [-0.05, 0) is 49.4 Å². The lowest BCUT2D eigenvalue weighted by Gasteiger charge is -2.25. The minimum atomic E-state index is -0.352. The summed E-state index contributed by atoms with van der Waals surface area (Å²) in [5.41, 5.74) is 0.926. The number of benzene rings is 1. The van der Waals surface area contributed by atoms with Crippen molar-refractivity contribution in [3.8, 4) is 0 Å². The van der Waals surface area contributed by atoms with Gasteiger partial charge < -0.3 is 5.32 Å². The maximum absolute atomic E-state index is 13.2. The van der Waals surface area contributed by atoms with E-state index in [2.05, 4.69) is 5.32 Å². The molecule has 0 saturated heterocycles. The highest BCUT2D eigenvalue weighted by Gasteiger charge is 2.19. The van der Waals surface area contributed by atoms with E-state index in [1.54, 1.807) is 6.07 Å². The van der Waals surface area contributed by atoms with Gasteiger partial charge in [0.1, 0.15) is 5.82 Å². The van der Waals surface area contributed by atoms with E-state index >= 15 is 0 Å². The molecule has 1 saturated carbocycles. The van der Waals surface area contributed by atoms with E-state index in [1.807, 2.05) is 6.07 Å². The van der Waals surface area contributed by atoms with Crippen molar-refractivity contribution in [2.75, 3.05) is 6.54 Å². The van der Waals surface area contributed by atoms with Crippen molar-refractivity contribution < 1.29 is 4.39 Å². The monoisotopic (exact) mass is 289 g/mol. The number of halogens is 3. The van der Waals surface area contributed by atoms with Crippen molar-refractivity contribution in [2.45, 2.75) is 37.6 Å². The molecule has 0 bridgehead atoms. The lowest BCUT2D eigenvalue weighted by molar-refractivity contribution is 0.346. The number of rotatable bonds is 4. The van der Waals surface area contributed by atoms with Crippen LogP contribution in [-0.4, -0.2) is 11.9 Å². The van der Waals surface area contributed by atoms with Gasteiger partial charge in [-0.3, -0.25) is 0 Å². The van der Waals surface area contributed by atoms with Crippen LogP contribution in [0.1, 0.15) is 31.2 Å². The van der Waals surface area contributed by atoms with Crippen LogP contribution in [0.15, 0.2) is 18.2 Å². The third kappa shape index (κ3) is 4.11. The molecule has 1 fully saturated rings. The SMILES string of the molecule is Fc1cc(CNCC2CCCC(Cl)C2)ccc1Cl. The molecule has 1 aromatic carbocycles. The third-order valence-electron chi connectivity index (χ3n) is 3.46. The Morgan fingerprint density at radius 2 is 2.17 bits per heavy atom. The van der Waals surface area contributed by atoms with Crippen molar-refractivity contribution in [3.05, 3.63) is 34.6 Å². The molecule has 0 heterocycles. The number of hydrogen-bond donors (Lipinski definition) is 1. The maximum atomic E-state index is 13.2. The van der Waals surface area contributed by atoms with E-state index in [1.165, 1.54) is 18.9 Å². The second-order valence-corrected chi connectivity index (χ2v) is 6.03. The van der Waals surface area contributed by atoms with Crippen LogP contribution in [0.4, 0.5) is 4.39 Å². The highest BCUT2D eigenvalue weighted by molar-refractivity contribution is 6.30. The molecule has 4 heteroatoms. The average Bonchev–Trinajstić information content (AvgIpc) is 2.34. The summed E-state index contributed by atoms with van der Waals surface area (Å²) in [5.74, 6) is 0.299. The van der Waals surface area contributed by atoms with E-state index in [4.69, 9.17) is 23.2 Å². The van der Waals surface area contributed by atoms with Crippen molar-refractivity contribution in [1.29, 1.82) is 0 Å². The molecule has 1 N–H and O–H groups in total. The largest absolute Gasteiger partial charge is 0.312 e. The van der Waals surface area contributed by atoms with Gasteiger partial charge in [0, 0.05) is 11.9 Å². The average molecular weight is 290 g/mol. The molecule has 1 aliphatic rings. The van der Waals surface area contributed by atoms with Gasteiger partial charge in [-0.2, -0.15) is 0 Å². The van der Waals surface area contributed by atoms with Crippen molar-refractivity contribution in [1.82, 2.24) is 5.32 Å². The molecule has 2 rings (SSSR count). The van der Waals surface area contributed by atoms with Crippen molar-refractivity contribution >= 4 is 23.2 Å². The van der Waals surface area contributed by atoms with Crippen LogP contribution in [0, 0.1) is 11.7 Å². The summed E-state index contributed by atoms with van der Waals surface area (Å²) in [4.78, 5) is 0. The van der Waals surface area contributed by atoms with Crippen LogP contribution in [0.3, 0.4) is 0 Å². The maximum Gasteiger partial charge on any atom is 0.142 e. The normalized spacial score (nSPS) is 24.2. The van der Waals surface area contributed by atoms with E-state index in [0.29, 0.717) is 17.8 Å². The molecule has 2 atom stereocenters. The van der Waals surface area contributed by atoms with Gasteiger partial charge in [0.15, 0.2) is 0 Å². The van der Waals surface area contributed by atoms with Crippen LogP contribution in [0.2, 0.25) is 5.02 Å². The number of alkyl halides is 1. The first-order valence-corrected chi connectivity index (χ1v) is 7.25. The minimum absolute atomic E-state index is 0.177. The predicted octanol–water partition coefficient (Wildman–Crippen LogP) is 4.37. The molecule has 1 nitrogen and oxygen atoms in total. The fourth-order valence-corrected chi connectivity index (χ4v) is 3.00. The first kappa shape index (κ1) is 14.1. The molecule has 1 aliphatic carbocycles. The Kier molecular flexibility index (Phi) is 5.28. The lowest BCUT2D eigenvalue weighted by atomic mass is 9.89. The van der Waals surface area contributed by atoms with Gasteiger partial charge in [0.2, 0.25) is 0 Å². The molecule has 0 spiro atoms. The first-order valence-electron chi connectivity index (χ1n) is 6.44. The molecule has 100 valence electrons. The smallest absolute Gasteiger partial charge is 0.142 e. The molecule has 18 heavy (non-hydrogen) atoms. The van der Waals surface area contributed by atoms with Crippen LogP contribution < -0.4 is 5.32 Å². The topological polar surface area (TPSA) is 12.0 Å². The quantitative estimate of drug-likeness (QED) is 0.812. The Morgan fingerprint density at radius 1 is 1.33 bits per heavy atom. The van der Waals surface area contributed by atoms with Crippen LogP contribution >= 0.6 is 23.2 Å². The first-order chi connectivity index (χ1) is 8.65. The minimum Gasteiger partial charge on any atom is -0.312 e. The predicted molar refractivity (Wildman–Crippen MR) is 74.7 cm³/mol. The summed E-state index contributed by atoms with van der Waals surface area (Å²) in [7, 11) is 0.